The Morgan fingerprint density at radius 3 is 2.19 bits per heavy atom. The summed E-state index contributed by atoms with van der Waals surface area (Å²) in [6.45, 7) is 4.26. The van der Waals surface area contributed by atoms with Crippen LogP contribution >= 0.6 is 0 Å². The lowest BCUT2D eigenvalue weighted by atomic mass is 9.72. The van der Waals surface area contributed by atoms with Crippen molar-refractivity contribution >= 4 is 17.4 Å². The molecule has 2 amide bonds. The minimum absolute atomic E-state index is 0.133. The molecule has 0 aromatic heterocycles. The van der Waals surface area contributed by atoms with Gasteiger partial charge < -0.3 is 20.4 Å². The largest absolute Gasteiger partial charge is 0.369 e. The topological polar surface area (TPSA) is 47.6 Å². The number of benzene rings is 2. The standard InChI is InChI=1S/C22H28N4O/c1-25-14-16-26(17-15-25)20-10-8-19(9-11-20)23-21(27)24-22(12-5-13-22)18-6-3-2-4-7-18/h2-4,6-11H,5,12-17H2,1H3,(H2,23,24,27). The second kappa shape index (κ2) is 7.61. The zero-order valence-corrected chi connectivity index (χ0v) is 15.9. The van der Waals surface area contributed by atoms with Crippen molar-refractivity contribution in [1.82, 2.24) is 10.2 Å². The minimum atomic E-state index is -0.217. The Labute approximate surface area is 161 Å². The van der Waals surface area contributed by atoms with Crippen LogP contribution in [0, 0.1) is 0 Å². The monoisotopic (exact) mass is 364 g/mol. The van der Waals surface area contributed by atoms with E-state index in [1.807, 2.05) is 30.3 Å². The Hall–Kier alpha value is -2.53. The van der Waals surface area contributed by atoms with Crippen LogP contribution in [-0.2, 0) is 5.54 Å². The number of likely N-dealkylation sites (N-methyl/N-ethyl adjacent to an activating group) is 1. The van der Waals surface area contributed by atoms with E-state index in [0.29, 0.717) is 0 Å². The molecule has 2 N–H and O–H groups in total. The predicted octanol–water partition coefficient (Wildman–Crippen LogP) is 3.64. The molecule has 2 aliphatic rings. The summed E-state index contributed by atoms with van der Waals surface area (Å²) in [7, 11) is 2.16. The van der Waals surface area contributed by atoms with Gasteiger partial charge in [0.15, 0.2) is 0 Å². The van der Waals surface area contributed by atoms with E-state index in [1.165, 1.54) is 11.3 Å². The maximum absolute atomic E-state index is 12.6. The van der Waals surface area contributed by atoms with Crippen LogP contribution in [0.2, 0.25) is 0 Å². The number of carbonyl (C=O) groups is 1. The molecule has 5 heteroatoms. The molecule has 0 unspecified atom stereocenters. The normalized spacial score (nSPS) is 19.2. The van der Waals surface area contributed by atoms with Crippen LogP contribution < -0.4 is 15.5 Å². The Morgan fingerprint density at radius 2 is 1.59 bits per heavy atom. The maximum atomic E-state index is 12.6. The second-order valence-electron chi connectivity index (χ2n) is 7.72. The fourth-order valence-electron chi connectivity index (χ4n) is 3.97. The first kappa shape index (κ1) is 17.9. The SMILES string of the molecule is CN1CCN(c2ccc(NC(=O)NC3(c4ccccc4)CCC3)cc2)CC1. The van der Waals surface area contributed by atoms with E-state index in [-0.39, 0.29) is 11.6 Å². The molecule has 5 nitrogen and oxygen atoms in total. The highest BCUT2D eigenvalue weighted by molar-refractivity contribution is 5.90. The number of carbonyl (C=O) groups excluding carboxylic acids is 1. The Kier molecular flexibility index (Phi) is 5.03. The smallest absolute Gasteiger partial charge is 0.319 e. The summed E-state index contributed by atoms with van der Waals surface area (Å²) >= 11 is 0. The molecule has 142 valence electrons. The van der Waals surface area contributed by atoms with E-state index in [2.05, 4.69) is 51.7 Å². The molecule has 1 saturated carbocycles. The van der Waals surface area contributed by atoms with Crippen LogP contribution in [0.25, 0.3) is 0 Å². The summed E-state index contributed by atoms with van der Waals surface area (Å²) in [6, 6.07) is 18.3. The lowest BCUT2D eigenvalue weighted by Crippen LogP contribution is -2.52. The first-order chi connectivity index (χ1) is 13.1. The van der Waals surface area contributed by atoms with Gasteiger partial charge in [0.25, 0.3) is 0 Å². The van der Waals surface area contributed by atoms with Crippen molar-refractivity contribution in [3.05, 3.63) is 60.2 Å². The van der Waals surface area contributed by atoms with E-state index in [0.717, 1.165) is 51.1 Å². The molecular weight excluding hydrogens is 336 g/mol. The molecular formula is C22H28N4O. The van der Waals surface area contributed by atoms with Gasteiger partial charge in [0, 0.05) is 37.6 Å². The van der Waals surface area contributed by atoms with Gasteiger partial charge in [-0.1, -0.05) is 30.3 Å². The third-order valence-corrected chi connectivity index (χ3v) is 5.88. The quantitative estimate of drug-likeness (QED) is 0.871. The zero-order valence-electron chi connectivity index (χ0n) is 15.9. The number of hydrogen-bond acceptors (Lipinski definition) is 3. The van der Waals surface area contributed by atoms with Gasteiger partial charge in [0.1, 0.15) is 0 Å². The van der Waals surface area contributed by atoms with Gasteiger partial charge in [0.05, 0.1) is 5.54 Å². The highest BCUT2D eigenvalue weighted by Crippen LogP contribution is 2.41. The number of nitrogens with zero attached hydrogens (tertiary/aromatic N) is 2. The fraction of sp³-hybridized carbons (Fsp3) is 0.409. The van der Waals surface area contributed by atoms with Crippen molar-refractivity contribution < 1.29 is 4.79 Å². The van der Waals surface area contributed by atoms with Crippen molar-refractivity contribution in [2.75, 3.05) is 43.4 Å². The van der Waals surface area contributed by atoms with Crippen LogP contribution in [-0.4, -0.2) is 44.2 Å². The Bertz CT molecular complexity index is 763. The fourth-order valence-corrected chi connectivity index (χ4v) is 3.97. The first-order valence-electron chi connectivity index (χ1n) is 9.83. The number of hydrogen-bond donors (Lipinski definition) is 2. The molecule has 4 rings (SSSR count). The maximum Gasteiger partial charge on any atom is 0.319 e. The number of nitrogens with one attached hydrogen (secondary N) is 2. The van der Waals surface area contributed by atoms with E-state index in [1.54, 1.807) is 0 Å². The molecule has 1 saturated heterocycles. The lowest BCUT2D eigenvalue weighted by molar-refractivity contribution is 0.185. The number of anilines is 2. The molecule has 0 bridgehead atoms. The molecule has 1 aliphatic heterocycles. The van der Waals surface area contributed by atoms with Crippen molar-refractivity contribution in [2.24, 2.45) is 0 Å². The minimum Gasteiger partial charge on any atom is -0.369 e. The van der Waals surface area contributed by atoms with Crippen LogP contribution in [0.5, 0.6) is 0 Å². The molecule has 1 heterocycles. The average molecular weight is 364 g/mol. The third kappa shape index (κ3) is 3.93. The van der Waals surface area contributed by atoms with Gasteiger partial charge >= 0.3 is 6.03 Å². The first-order valence-corrected chi connectivity index (χ1v) is 9.83. The highest BCUT2D eigenvalue weighted by Gasteiger charge is 2.39. The second-order valence-corrected chi connectivity index (χ2v) is 7.72. The Morgan fingerprint density at radius 1 is 0.926 bits per heavy atom. The third-order valence-electron chi connectivity index (χ3n) is 5.88. The van der Waals surface area contributed by atoms with Gasteiger partial charge in [0.2, 0.25) is 0 Å². The number of amides is 2. The summed E-state index contributed by atoms with van der Waals surface area (Å²) < 4.78 is 0. The van der Waals surface area contributed by atoms with Gasteiger partial charge in [-0.3, -0.25) is 0 Å². The number of urea groups is 1. The summed E-state index contributed by atoms with van der Waals surface area (Å²) in [4.78, 5) is 17.3. The molecule has 1 aliphatic carbocycles. The van der Waals surface area contributed by atoms with Crippen LogP contribution in [0.15, 0.2) is 54.6 Å². The van der Waals surface area contributed by atoms with Crippen molar-refractivity contribution in [2.45, 2.75) is 24.8 Å². The van der Waals surface area contributed by atoms with E-state index < -0.39 is 0 Å². The van der Waals surface area contributed by atoms with Crippen molar-refractivity contribution in [3.8, 4) is 0 Å². The number of piperazine rings is 1. The van der Waals surface area contributed by atoms with Crippen LogP contribution in [0.4, 0.5) is 16.2 Å². The van der Waals surface area contributed by atoms with E-state index in [9.17, 15) is 4.79 Å². The van der Waals surface area contributed by atoms with Crippen LogP contribution in [0.3, 0.4) is 0 Å². The zero-order chi connectivity index (χ0) is 18.7. The van der Waals surface area contributed by atoms with E-state index in [4.69, 9.17) is 0 Å². The van der Waals surface area contributed by atoms with Crippen LogP contribution in [0.1, 0.15) is 24.8 Å². The molecule has 27 heavy (non-hydrogen) atoms. The molecule has 2 aromatic rings. The Balaban J connectivity index is 1.37. The molecule has 2 fully saturated rings. The van der Waals surface area contributed by atoms with Gasteiger partial charge in [-0.2, -0.15) is 0 Å². The summed E-state index contributed by atoms with van der Waals surface area (Å²) in [6.07, 6.45) is 3.13. The average Bonchev–Trinajstić information content (AvgIpc) is 2.67. The molecule has 0 spiro atoms. The summed E-state index contributed by atoms with van der Waals surface area (Å²) in [5.41, 5.74) is 3.02. The highest BCUT2D eigenvalue weighted by atomic mass is 16.2. The predicted molar refractivity (Wildman–Crippen MR) is 110 cm³/mol. The number of rotatable bonds is 4. The van der Waals surface area contributed by atoms with Gasteiger partial charge in [-0.15, -0.1) is 0 Å². The summed E-state index contributed by atoms with van der Waals surface area (Å²) in [5.74, 6) is 0. The molecule has 2 aromatic carbocycles. The summed E-state index contributed by atoms with van der Waals surface area (Å²) in [5, 5.41) is 6.21. The molecule has 0 radical (unpaired) electrons. The van der Waals surface area contributed by atoms with E-state index >= 15 is 0 Å². The lowest BCUT2D eigenvalue weighted by Gasteiger charge is -2.43. The molecule has 0 atom stereocenters. The van der Waals surface area contributed by atoms with Crippen molar-refractivity contribution in [3.63, 3.8) is 0 Å². The van der Waals surface area contributed by atoms with Gasteiger partial charge in [-0.25, -0.2) is 4.79 Å². The van der Waals surface area contributed by atoms with Gasteiger partial charge in [-0.05, 0) is 56.1 Å². The van der Waals surface area contributed by atoms with Crippen molar-refractivity contribution in [1.29, 1.82) is 0 Å².